The number of hydrogen-bond donors (Lipinski definition) is 1. The van der Waals surface area contributed by atoms with Crippen LogP contribution < -0.4 is 5.32 Å². The molecule has 130 valence electrons. The van der Waals surface area contributed by atoms with E-state index in [1.807, 2.05) is 50.2 Å². The molecule has 6 nitrogen and oxygen atoms in total. The van der Waals surface area contributed by atoms with E-state index in [2.05, 4.69) is 15.4 Å². The van der Waals surface area contributed by atoms with Crippen molar-refractivity contribution in [1.82, 2.24) is 20.1 Å². The van der Waals surface area contributed by atoms with Crippen LogP contribution in [0.3, 0.4) is 0 Å². The molecule has 0 saturated carbocycles. The number of rotatable bonds is 6. The summed E-state index contributed by atoms with van der Waals surface area (Å²) in [4.78, 5) is 17.3. The van der Waals surface area contributed by atoms with Crippen LogP contribution in [0.25, 0.3) is 16.7 Å². The van der Waals surface area contributed by atoms with Crippen LogP contribution in [0.2, 0.25) is 0 Å². The number of amides is 1. The number of pyridine rings is 1. The molecule has 2 aromatic heterocycles. The van der Waals surface area contributed by atoms with Crippen LogP contribution in [0.4, 0.5) is 0 Å². The number of ether oxygens (including phenoxy) is 1. The van der Waals surface area contributed by atoms with Crippen LogP contribution in [0.15, 0.2) is 36.4 Å². The molecule has 0 fully saturated rings. The Morgan fingerprint density at radius 3 is 2.72 bits per heavy atom. The summed E-state index contributed by atoms with van der Waals surface area (Å²) >= 11 is 0. The van der Waals surface area contributed by atoms with Gasteiger partial charge in [-0.2, -0.15) is 5.10 Å². The molecule has 6 heteroatoms. The van der Waals surface area contributed by atoms with Crippen molar-refractivity contribution < 1.29 is 9.53 Å². The summed E-state index contributed by atoms with van der Waals surface area (Å²) in [6.45, 7) is 4.98. The molecule has 0 saturated heterocycles. The molecule has 0 aliphatic heterocycles. The molecule has 0 atom stereocenters. The van der Waals surface area contributed by atoms with E-state index in [4.69, 9.17) is 4.74 Å². The Kier molecular flexibility index (Phi) is 5.09. The lowest BCUT2D eigenvalue weighted by Crippen LogP contribution is -2.25. The number of aryl methyl sites for hydroxylation is 2. The fraction of sp³-hybridized carbons (Fsp3) is 0.316. The summed E-state index contributed by atoms with van der Waals surface area (Å²) in [6, 6.07) is 11.6. The molecule has 0 bridgehead atoms. The average molecular weight is 338 g/mol. The van der Waals surface area contributed by atoms with Gasteiger partial charge in [-0.05, 0) is 38.5 Å². The summed E-state index contributed by atoms with van der Waals surface area (Å²) < 4.78 is 6.81. The quantitative estimate of drug-likeness (QED) is 0.702. The number of fused-ring (bicyclic) bond motifs is 1. The number of para-hydroxylation sites is 1. The number of nitrogens with one attached hydrogen (secondary N) is 1. The Morgan fingerprint density at radius 1 is 1.24 bits per heavy atom. The van der Waals surface area contributed by atoms with Gasteiger partial charge in [0.25, 0.3) is 5.91 Å². The topological polar surface area (TPSA) is 69.0 Å². The molecule has 2 heterocycles. The maximum Gasteiger partial charge on any atom is 0.252 e. The Bertz CT molecular complexity index is 887. The third kappa shape index (κ3) is 3.53. The van der Waals surface area contributed by atoms with Gasteiger partial charge in [0.1, 0.15) is 0 Å². The van der Waals surface area contributed by atoms with Gasteiger partial charge in [0, 0.05) is 26.0 Å². The van der Waals surface area contributed by atoms with Gasteiger partial charge in [0.2, 0.25) is 0 Å². The van der Waals surface area contributed by atoms with E-state index in [0.717, 1.165) is 28.9 Å². The molecule has 3 aromatic rings. The van der Waals surface area contributed by atoms with Crippen molar-refractivity contribution in [2.45, 2.75) is 20.3 Å². The maximum absolute atomic E-state index is 12.7. The Hall–Kier alpha value is -2.73. The molecule has 1 aromatic carbocycles. The van der Waals surface area contributed by atoms with Crippen molar-refractivity contribution in [3.05, 3.63) is 53.3 Å². The Balaban J connectivity index is 2.03. The first-order valence-corrected chi connectivity index (χ1v) is 8.31. The van der Waals surface area contributed by atoms with Crippen molar-refractivity contribution in [3.8, 4) is 5.69 Å². The lowest BCUT2D eigenvalue weighted by Gasteiger charge is -2.08. The first kappa shape index (κ1) is 17.1. The normalized spacial score (nSPS) is 11.0. The smallest absolute Gasteiger partial charge is 0.252 e. The largest absolute Gasteiger partial charge is 0.385 e. The SMILES string of the molecule is COCCCNC(=O)c1cc(C)nc2c1c(C)nn2-c1ccccc1. The predicted octanol–water partition coefficient (Wildman–Crippen LogP) is 2.80. The van der Waals surface area contributed by atoms with Gasteiger partial charge in [0.05, 0.1) is 22.3 Å². The molecule has 1 N–H and O–H groups in total. The second-order valence-corrected chi connectivity index (χ2v) is 5.94. The van der Waals surface area contributed by atoms with Crippen LogP contribution in [-0.4, -0.2) is 40.9 Å². The minimum atomic E-state index is -0.109. The highest BCUT2D eigenvalue weighted by atomic mass is 16.5. The zero-order valence-electron chi connectivity index (χ0n) is 14.7. The highest BCUT2D eigenvalue weighted by Crippen LogP contribution is 2.24. The van der Waals surface area contributed by atoms with E-state index < -0.39 is 0 Å². The summed E-state index contributed by atoms with van der Waals surface area (Å²) in [5, 5.41) is 8.34. The van der Waals surface area contributed by atoms with Crippen molar-refractivity contribution in [2.24, 2.45) is 0 Å². The fourth-order valence-electron chi connectivity index (χ4n) is 2.86. The summed E-state index contributed by atoms with van der Waals surface area (Å²) in [5.74, 6) is -0.109. The van der Waals surface area contributed by atoms with Crippen LogP contribution >= 0.6 is 0 Å². The molecule has 0 radical (unpaired) electrons. The van der Waals surface area contributed by atoms with Gasteiger partial charge in [-0.25, -0.2) is 9.67 Å². The highest BCUT2D eigenvalue weighted by Gasteiger charge is 2.19. The minimum Gasteiger partial charge on any atom is -0.385 e. The van der Waals surface area contributed by atoms with Crippen molar-refractivity contribution in [2.75, 3.05) is 20.3 Å². The van der Waals surface area contributed by atoms with Gasteiger partial charge in [-0.3, -0.25) is 4.79 Å². The van der Waals surface area contributed by atoms with Crippen molar-refractivity contribution >= 4 is 16.9 Å². The number of methoxy groups -OCH3 is 1. The molecule has 0 aliphatic rings. The monoisotopic (exact) mass is 338 g/mol. The zero-order valence-corrected chi connectivity index (χ0v) is 14.7. The van der Waals surface area contributed by atoms with E-state index in [0.29, 0.717) is 24.4 Å². The van der Waals surface area contributed by atoms with Crippen LogP contribution in [-0.2, 0) is 4.74 Å². The van der Waals surface area contributed by atoms with Gasteiger partial charge in [-0.15, -0.1) is 0 Å². The molecular weight excluding hydrogens is 316 g/mol. The number of hydrogen-bond acceptors (Lipinski definition) is 4. The number of carbonyl (C=O) groups excluding carboxylic acids is 1. The third-order valence-corrected chi connectivity index (χ3v) is 4.00. The average Bonchev–Trinajstić information content (AvgIpc) is 2.95. The number of nitrogens with zero attached hydrogens (tertiary/aromatic N) is 3. The molecule has 0 unspecified atom stereocenters. The van der Waals surface area contributed by atoms with Crippen LogP contribution in [0.5, 0.6) is 0 Å². The number of benzene rings is 1. The van der Waals surface area contributed by atoms with Gasteiger partial charge >= 0.3 is 0 Å². The third-order valence-electron chi connectivity index (χ3n) is 4.00. The lowest BCUT2D eigenvalue weighted by molar-refractivity contribution is 0.0950. The highest BCUT2D eigenvalue weighted by molar-refractivity contribution is 6.06. The second-order valence-electron chi connectivity index (χ2n) is 5.94. The summed E-state index contributed by atoms with van der Waals surface area (Å²) in [7, 11) is 1.65. The van der Waals surface area contributed by atoms with E-state index in [-0.39, 0.29) is 5.91 Å². The Morgan fingerprint density at radius 2 is 2.00 bits per heavy atom. The number of carbonyl (C=O) groups is 1. The first-order chi connectivity index (χ1) is 12.1. The Labute approximate surface area is 146 Å². The maximum atomic E-state index is 12.7. The summed E-state index contributed by atoms with van der Waals surface area (Å²) in [6.07, 6.45) is 0.776. The molecule has 25 heavy (non-hydrogen) atoms. The van der Waals surface area contributed by atoms with Gasteiger partial charge < -0.3 is 10.1 Å². The van der Waals surface area contributed by atoms with Crippen LogP contribution in [0.1, 0.15) is 28.2 Å². The van der Waals surface area contributed by atoms with Crippen LogP contribution in [0, 0.1) is 13.8 Å². The zero-order chi connectivity index (χ0) is 17.8. The molecule has 3 rings (SSSR count). The first-order valence-electron chi connectivity index (χ1n) is 8.31. The summed E-state index contributed by atoms with van der Waals surface area (Å²) in [5.41, 5.74) is 3.80. The van der Waals surface area contributed by atoms with Crippen molar-refractivity contribution in [1.29, 1.82) is 0 Å². The molecule has 1 amide bonds. The molecule has 0 spiro atoms. The van der Waals surface area contributed by atoms with Crippen molar-refractivity contribution in [3.63, 3.8) is 0 Å². The van der Waals surface area contributed by atoms with E-state index in [9.17, 15) is 4.79 Å². The molecular formula is C19H22N4O2. The fourth-order valence-corrected chi connectivity index (χ4v) is 2.86. The van der Waals surface area contributed by atoms with E-state index in [1.54, 1.807) is 11.8 Å². The molecule has 0 aliphatic carbocycles. The predicted molar refractivity (Wildman–Crippen MR) is 97.2 cm³/mol. The second kappa shape index (κ2) is 7.44. The van der Waals surface area contributed by atoms with E-state index in [1.165, 1.54) is 0 Å². The van der Waals surface area contributed by atoms with E-state index >= 15 is 0 Å². The lowest BCUT2D eigenvalue weighted by atomic mass is 10.1. The standard InChI is InChI=1S/C19H22N4O2/c1-13-12-16(19(24)20-10-7-11-25-3)17-14(2)22-23(18(17)21-13)15-8-5-4-6-9-15/h4-6,8-9,12H,7,10-11H2,1-3H3,(H,20,24). The minimum absolute atomic E-state index is 0.109. The van der Waals surface area contributed by atoms with Gasteiger partial charge in [0.15, 0.2) is 5.65 Å². The van der Waals surface area contributed by atoms with Gasteiger partial charge in [-0.1, -0.05) is 18.2 Å². The number of aromatic nitrogens is 3.